The largest absolute Gasteiger partial charge is 0.338 e. The Morgan fingerprint density at radius 3 is 2.35 bits per heavy atom. The second-order valence-corrected chi connectivity index (χ2v) is 7.11. The molecule has 4 heteroatoms. The molecule has 1 saturated heterocycles. The molecular formula is C19H30N2O2. The Morgan fingerprint density at radius 1 is 1.13 bits per heavy atom. The number of carbonyl (C=O) groups excluding carboxylic acids is 1. The van der Waals surface area contributed by atoms with Crippen molar-refractivity contribution in [1.82, 2.24) is 9.47 Å². The predicted molar refractivity (Wildman–Crippen MR) is 93.9 cm³/mol. The highest BCUT2D eigenvalue weighted by molar-refractivity contribution is 5.95. The normalized spacial score (nSPS) is 16.3. The summed E-state index contributed by atoms with van der Waals surface area (Å²) in [6.07, 6.45) is 8.46. The zero-order valence-corrected chi connectivity index (χ0v) is 14.8. The number of carbonyl (C=O) groups is 1. The van der Waals surface area contributed by atoms with Crippen LogP contribution in [0.2, 0.25) is 0 Å². The minimum atomic E-state index is -0.127. The van der Waals surface area contributed by atoms with Crippen molar-refractivity contribution in [2.24, 2.45) is 5.92 Å². The van der Waals surface area contributed by atoms with Gasteiger partial charge >= 0.3 is 0 Å². The summed E-state index contributed by atoms with van der Waals surface area (Å²) >= 11 is 0. The molecule has 23 heavy (non-hydrogen) atoms. The molecule has 0 atom stereocenters. The van der Waals surface area contributed by atoms with Gasteiger partial charge in [0.1, 0.15) is 5.56 Å². The molecule has 2 rings (SSSR count). The average Bonchev–Trinajstić information content (AvgIpc) is 2.45. The van der Waals surface area contributed by atoms with Crippen LogP contribution in [0.5, 0.6) is 0 Å². The molecule has 128 valence electrons. The highest BCUT2D eigenvalue weighted by Crippen LogP contribution is 2.14. The minimum Gasteiger partial charge on any atom is -0.338 e. The summed E-state index contributed by atoms with van der Waals surface area (Å²) in [5, 5.41) is 0. The topological polar surface area (TPSA) is 42.3 Å². The molecule has 1 aliphatic heterocycles. The van der Waals surface area contributed by atoms with E-state index in [1.165, 1.54) is 19.3 Å². The number of aryl methyl sites for hydroxylation is 2. The molecule has 0 radical (unpaired) electrons. The number of rotatable bonds is 4. The van der Waals surface area contributed by atoms with Crippen molar-refractivity contribution in [2.45, 2.75) is 65.8 Å². The second-order valence-electron chi connectivity index (χ2n) is 7.11. The van der Waals surface area contributed by atoms with E-state index in [1.54, 1.807) is 4.57 Å². The first-order valence-electron chi connectivity index (χ1n) is 9.00. The van der Waals surface area contributed by atoms with E-state index < -0.39 is 0 Å². The van der Waals surface area contributed by atoms with Crippen LogP contribution in [0.1, 0.15) is 68.3 Å². The Morgan fingerprint density at radius 2 is 1.74 bits per heavy atom. The lowest BCUT2D eigenvalue weighted by Gasteiger charge is -2.25. The Bertz CT molecular complexity index is 582. The van der Waals surface area contributed by atoms with Crippen molar-refractivity contribution < 1.29 is 4.79 Å². The number of amides is 1. The lowest BCUT2D eigenvalue weighted by atomic mass is 10.1. The summed E-state index contributed by atoms with van der Waals surface area (Å²) in [5.41, 5.74) is 1.04. The quantitative estimate of drug-likeness (QED) is 0.851. The van der Waals surface area contributed by atoms with Gasteiger partial charge in [0.25, 0.3) is 11.5 Å². The van der Waals surface area contributed by atoms with E-state index in [9.17, 15) is 9.59 Å². The Hall–Kier alpha value is -1.58. The van der Waals surface area contributed by atoms with E-state index >= 15 is 0 Å². The van der Waals surface area contributed by atoms with Crippen molar-refractivity contribution in [3.05, 3.63) is 33.7 Å². The van der Waals surface area contributed by atoms with Crippen LogP contribution in [0.4, 0.5) is 0 Å². The van der Waals surface area contributed by atoms with Crippen LogP contribution in [-0.4, -0.2) is 28.5 Å². The van der Waals surface area contributed by atoms with Gasteiger partial charge in [-0.1, -0.05) is 33.1 Å². The predicted octanol–water partition coefficient (Wildman–Crippen LogP) is 3.61. The summed E-state index contributed by atoms with van der Waals surface area (Å²) in [4.78, 5) is 27.5. The third-order valence-corrected chi connectivity index (χ3v) is 4.68. The molecule has 0 unspecified atom stereocenters. The van der Waals surface area contributed by atoms with Crippen molar-refractivity contribution in [2.75, 3.05) is 13.1 Å². The molecule has 0 spiro atoms. The van der Waals surface area contributed by atoms with E-state index in [1.807, 2.05) is 24.1 Å². The van der Waals surface area contributed by atoms with Crippen LogP contribution in [0, 0.1) is 12.8 Å². The van der Waals surface area contributed by atoms with Gasteiger partial charge in [0.05, 0.1) is 0 Å². The Kier molecular flexibility index (Phi) is 6.43. The van der Waals surface area contributed by atoms with Crippen LogP contribution in [0.15, 0.2) is 17.1 Å². The van der Waals surface area contributed by atoms with Crippen LogP contribution >= 0.6 is 0 Å². The first kappa shape index (κ1) is 17.8. The molecule has 1 amide bonds. The number of hydrogen-bond acceptors (Lipinski definition) is 2. The van der Waals surface area contributed by atoms with Gasteiger partial charge in [0.15, 0.2) is 0 Å². The maximum Gasteiger partial charge on any atom is 0.263 e. The zero-order valence-electron chi connectivity index (χ0n) is 14.8. The summed E-state index contributed by atoms with van der Waals surface area (Å²) in [5.74, 6) is 0.463. The molecular weight excluding hydrogens is 288 g/mol. The van der Waals surface area contributed by atoms with E-state index in [4.69, 9.17) is 0 Å². The maximum atomic E-state index is 12.9. The summed E-state index contributed by atoms with van der Waals surface area (Å²) in [7, 11) is 0. The highest BCUT2D eigenvalue weighted by atomic mass is 16.2. The summed E-state index contributed by atoms with van der Waals surface area (Å²) < 4.78 is 1.70. The van der Waals surface area contributed by atoms with Crippen molar-refractivity contribution in [3.63, 3.8) is 0 Å². The van der Waals surface area contributed by atoms with E-state index in [0.29, 0.717) is 18.0 Å². The van der Waals surface area contributed by atoms with Gasteiger partial charge in [-0.15, -0.1) is 0 Å². The fourth-order valence-electron chi connectivity index (χ4n) is 3.11. The van der Waals surface area contributed by atoms with Gasteiger partial charge in [-0.2, -0.15) is 0 Å². The monoisotopic (exact) mass is 318 g/mol. The lowest BCUT2D eigenvalue weighted by Crippen LogP contribution is -2.39. The molecule has 1 aromatic heterocycles. The van der Waals surface area contributed by atoms with E-state index in [-0.39, 0.29) is 11.5 Å². The number of likely N-dealkylation sites (tertiary alicyclic amines) is 1. The van der Waals surface area contributed by atoms with Gasteiger partial charge in [-0.05, 0) is 43.7 Å². The fraction of sp³-hybridized carbons (Fsp3) is 0.684. The van der Waals surface area contributed by atoms with Crippen molar-refractivity contribution >= 4 is 5.91 Å². The van der Waals surface area contributed by atoms with Crippen molar-refractivity contribution in [3.8, 4) is 0 Å². The maximum absolute atomic E-state index is 12.9. The zero-order chi connectivity index (χ0) is 16.8. The third kappa shape index (κ3) is 4.69. The molecule has 1 fully saturated rings. The molecule has 0 bridgehead atoms. The first-order chi connectivity index (χ1) is 11.0. The molecule has 4 nitrogen and oxygen atoms in total. The van der Waals surface area contributed by atoms with Gasteiger partial charge in [-0.25, -0.2) is 0 Å². The minimum absolute atomic E-state index is 0.0757. The summed E-state index contributed by atoms with van der Waals surface area (Å²) in [6.45, 7) is 8.39. The number of nitrogens with zero attached hydrogens (tertiary/aromatic N) is 2. The smallest absolute Gasteiger partial charge is 0.263 e. The van der Waals surface area contributed by atoms with Crippen LogP contribution in [0.25, 0.3) is 0 Å². The highest BCUT2D eigenvalue weighted by Gasteiger charge is 2.22. The molecule has 0 saturated carbocycles. The average molecular weight is 318 g/mol. The Balaban J connectivity index is 2.24. The van der Waals surface area contributed by atoms with E-state index in [0.717, 1.165) is 37.9 Å². The first-order valence-corrected chi connectivity index (χ1v) is 9.00. The lowest BCUT2D eigenvalue weighted by molar-refractivity contribution is 0.0739. The number of aromatic nitrogens is 1. The fourth-order valence-corrected chi connectivity index (χ4v) is 3.11. The van der Waals surface area contributed by atoms with Crippen LogP contribution < -0.4 is 5.56 Å². The van der Waals surface area contributed by atoms with Gasteiger partial charge in [0, 0.05) is 25.8 Å². The standard InChI is InChI=1S/C19H30N2O2/c1-15(2)9-13-21-14-10-16(3)17(19(21)23)18(22)20-11-7-5-4-6-8-12-20/h10,14-15H,4-9,11-13H2,1-3H3. The molecule has 0 aromatic carbocycles. The number of pyridine rings is 1. The van der Waals surface area contributed by atoms with Crippen LogP contribution in [-0.2, 0) is 6.54 Å². The molecule has 0 N–H and O–H groups in total. The third-order valence-electron chi connectivity index (χ3n) is 4.68. The summed E-state index contributed by atoms with van der Waals surface area (Å²) in [6, 6.07) is 1.90. The van der Waals surface area contributed by atoms with Crippen molar-refractivity contribution in [1.29, 1.82) is 0 Å². The molecule has 1 aliphatic rings. The van der Waals surface area contributed by atoms with Gasteiger partial charge in [0.2, 0.25) is 0 Å². The SMILES string of the molecule is Cc1ccn(CCC(C)C)c(=O)c1C(=O)N1CCCCCCC1. The van der Waals surface area contributed by atoms with Crippen LogP contribution in [0.3, 0.4) is 0 Å². The second kappa shape index (κ2) is 8.32. The van der Waals surface area contributed by atoms with Gasteiger partial charge in [-0.3, -0.25) is 9.59 Å². The Labute approximate surface area is 139 Å². The van der Waals surface area contributed by atoms with E-state index in [2.05, 4.69) is 13.8 Å². The number of hydrogen-bond donors (Lipinski definition) is 0. The molecule has 1 aromatic rings. The molecule has 2 heterocycles. The molecule has 0 aliphatic carbocycles. The van der Waals surface area contributed by atoms with Gasteiger partial charge < -0.3 is 9.47 Å².